The third-order valence-corrected chi connectivity index (χ3v) is 3.07. The van der Waals surface area contributed by atoms with Crippen LogP contribution in [0.15, 0.2) is 54.6 Å². The van der Waals surface area contributed by atoms with E-state index in [9.17, 15) is 4.79 Å². The monoisotopic (exact) mass is 284 g/mol. The average Bonchev–Trinajstić information content (AvgIpc) is 2.47. The second-order valence-corrected chi connectivity index (χ2v) is 4.98. The van der Waals surface area contributed by atoms with Gasteiger partial charge in [0.25, 0.3) is 5.91 Å². The van der Waals surface area contributed by atoms with Gasteiger partial charge >= 0.3 is 0 Å². The Labute approximate surface area is 124 Å². The lowest BCUT2D eigenvalue weighted by molar-refractivity contribution is -0.123. The van der Waals surface area contributed by atoms with Gasteiger partial charge in [-0.05, 0) is 31.0 Å². The maximum atomic E-state index is 11.9. The highest BCUT2D eigenvalue weighted by atomic mass is 16.5. The highest BCUT2D eigenvalue weighted by Gasteiger charge is 2.09. The van der Waals surface area contributed by atoms with Gasteiger partial charge < -0.3 is 15.8 Å². The minimum atomic E-state index is -0.151. The van der Waals surface area contributed by atoms with Crippen molar-refractivity contribution >= 4 is 11.6 Å². The summed E-state index contributed by atoms with van der Waals surface area (Å²) < 4.78 is 5.41. The predicted octanol–water partition coefficient (Wildman–Crippen LogP) is 2.40. The van der Waals surface area contributed by atoms with E-state index in [1.807, 2.05) is 49.4 Å². The molecule has 0 bridgehead atoms. The molecule has 1 atom stereocenters. The summed E-state index contributed by atoms with van der Waals surface area (Å²) in [6.45, 7) is 1.94. The van der Waals surface area contributed by atoms with E-state index in [0.29, 0.717) is 11.4 Å². The van der Waals surface area contributed by atoms with Crippen LogP contribution in [0.5, 0.6) is 5.75 Å². The van der Waals surface area contributed by atoms with Gasteiger partial charge in [0.15, 0.2) is 6.61 Å². The second kappa shape index (κ2) is 7.33. The highest BCUT2D eigenvalue weighted by Crippen LogP contribution is 2.19. The van der Waals surface area contributed by atoms with Crippen LogP contribution in [0.25, 0.3) is 0 Å². The Hall–Kier alpha value is -2.49. The van der Waals surface area contributed by atoms with E-state index in [1.54, 1.807) is 12.1 Å². The number of hydrogen-bond donors (Lipinski definition) is 2. The summed E-state index contributed by atoms with van der Waals surface area (Å²) in [4.78, 5) is 11.9. The highest BCUT2D eigenvalue weighted by molar-refractivity contribution is 5.78. The Kier molecular flexibility index (Phi) is 5.21. The summed E-state index contributed by atoms with van der Waals surface area (Å²) in [6, 6.07) is 17.2. The molecule has 0 saturated carbocycles. The SMILES string of the molecule is CC(Cc1ccccc1)NC(=O)COc1ccccc1N. The lowest BCUT2D eigenvalue weighted by Gasteiger charge is -2.15. The minimum Gasteiger partial charge on any atom is -0.482 e. The van der Waals surface area contributed by atoms with Crippen molar-refractivity contribution in [3.63, 3.8) is 0 Å². The number of benzene rings is 2. The Morgan fingerprint density at radius 2 is 1.81 bits per heavy atom. The van der Waals surface area contributed by atoms with Crippen molar-refractivity contribution in [3.8, 4) is 5.75 Å². The van der Waals surface area contributed by atoms with E-state index in [4.69, 9.17) is 10.5 Å². The van der Waals surface area contributed by atoms with Crippen molar-refractivity contribution in [1.29, 1.82) is 0 Å². The Balaban J connectivity index is 1.78. The van der Waals surface area contributed by atoms with Gasteiger partial charge in [-0.25, -0.2) is 0 Å². The second-order valence-electron chi connectivity index (χ2n) is 4.98. The van der Waals surface area contributed by atoms with Crippen LogP contribution in [0.4, 0.5) is 5.69 Å². The van der Waals surface area contributed by atoms with Gasteiger partial charge in [-0.1, -0.05) is 42.5 Å². The van der Waals surface area contributed by atoms with Gasteiger partial charge in [-0.15, -0.1) is 0 Å². The summed E-state index contributed by atoms with van der Waals surface area (Å²) in [7, 11) is 0. The number of nitrogens with one attached hydrogen (secondary N) is 1. The summed E-state index contributed by atoms with van der Waals surface area (Å²) in [5.74, 6) is 0.380. The number of carbonyl (C=O) groups is 1. The Morgan fingerprint density at radius 1 is 1.14 bits per heavy atom. The van der Waals surface area contributed by atoms with Crippen LogP contribution in [-0.2, 0) is 11.2 Å². The number of para-hydroxylation sites is 2. The van der Waals surface area contributed by atoms with Gasteiger partial charge in [0.1, 0.15) is 5.75 Å². The number of hydrogen-bond acceptors (Lipinski definition) is 3. The molecule has 21 heavy (non-hydrogen) atoms. The first kappa shape index (κ1) is 14.9. The number of nitrogens with two attached hydrogens (primary N) is 1. The molecule has 0 fully saturated rings. The van der Waals surface area contributed by atoms with Gasteiger partial charge in [-0.3, -0.25) is 4.79 Å². The molecule has 0 saturated heterocycles. The fourth-order valence-electron chi connectivity index (χ4n) is 2.09. The lowest BCUT2D eigenvalue weighted by Crippen LogP contribution is -2.37. The van der Waals surface area contributed by atoms with E-state index in [1.165, 1.54) is 5.56 Å². The van der Waals surface area contributed by atoms with Gasteiger partial charge in [0, 0.05) is 6.04 Å². The number of nitrogen functional groups attached to an aromatic ring is 1. The third kappa shape index (κ3) is 4.84. The molecule has 0 aliphatic rings. The normalized spacial score (nSPS) is 11.7. The van der Waals surface area contributed by atoms with E-state index < -0.39 is 0 Å². The molecule has 2 rings (SSSR count). The van der Waals surface area contributed by atoms with Crippen molar-refractivity contribution in [3.05, 3.63) is 60.2 Å². The molecule has 110 valence electrons. The maximum Gasteiger partial charge on any atom is 0.258 e. The maximum absolute atomic E-state index is 11.9. The first-order valence-electron chi connectivity index (χ1n) is 6.96. The van der Waals surface area contributed by atoms with Crippen LogP contribution in [0, 0.1) is 0 Å². The topological polar surface area (TPSA) is 64.3 Å². The summed E-state index contributed by atoms with van der Waals surface area (Å²) in [5, 5.41) is 2.91. The number of ether oxygens (including phenoxy) is 1. The molecule has 0 aliphatic heterocycles. The number of rotatable bonds is 6. The van der Waals surface area contributed by atoms with Gasteiger partial charge in [-0.2, -0.15) is 0 Å². The summed E-state index contributed by atoms with van der Waals surface area (Å²) >= 11 is 0. The zero-order chi connectivity index (χ0) is 15.1. The molecule has 1 amide bonds. The van der Waals surface area contributed by atoms with Crippen LogP contribution in [-0.4, -0.2) is 18.6 Å². The van der Waals surface area contributed by atoms with Crippen molar-refractivity contribution < 1.29 is 9.53 Å². The third-order valence-electron chi connectivity index (χ3n) is 3.07. The average molecular weight is 284 g/mol. The first-order chi connectivity index (χ1) is 10.1. The molecule has 0 aliphatic carbocycles. The minimum absolute atomic E-state index is 0.0344. The van der Waals surface area contributed by atoms with E-state index >= 15 is 0 Å². The molecular weight excluding hydrogens is 264 g/mol. The molecule has 4 nitrogen and oxygen atoms in total. The molecular formula is C17H20N2O2. The molecule has 4 heteroatoms. The quantitative estimate of drug-likeness (QED) is 0.801. The molecule has 2 aromatic rings. The molecule has 0 aromatic heterocycles. The fourth-order valence-corrected chi connectivity index (χ4v) is 2.09. The number of amides is 1. The summed E-state index contributed by atoms with van der Waals surface area (Å²) in [6.07, 6.45) is 0.792. The Bertz CT molecular complexity index is 584. The Morgan fingerprint density at radius 3 is 2.52 bits per heavy atom. The van der Waals surface area contributed by atoms with Crippen LogP contribution in [0.3, 0.4) is 0 Å². The zero-order valence-corrected chi connectivity index (χ0v) is 12.1. The molecule has 3 N–H and O–H groups in total. The van der Waals surface area contributed by atoms with Gasteiger partial charge in [0.05, 0.1) is 5.69 Å². The van der Waals surface area contributed by atoms with Crippen molar-refractivity contribution in [1.82, 2.24) is 5.32 Å². The van der Waals surface area contributed by atoms with E-state index in [-0.39, 0.29) is 18.6 Å². The van der Waals surface area contributed by atoms with E-state index in [2.05, 4.69) is 5.32 Å². The van der Waals surface area contributed by atoms with Crippen LogP contribution < -0.4 is 15.8 Å². The van der Waals surface area contributed by atoms with Crippen molar-refractivity contribution in [2.45, 2.75) is 19.4 Å². The molecule has 0 spiro atoms. The van der Waals surface area contributed by atoms with Crippen LogP contribution >= 0.6 is 0 Å². The van der Waals surface area contributed by atoms with E-state index in [0.717, 1.165) is 6.42 Å². The van der Waals surface area contributed by atoms with Crippen molar-refractivity contribution in [2.24, 2.45) is 0 Å². The van der Waals surface area contributed by atoms with Crippen LogP contribution in [0.2, 0.25) is 0 Å². The molecule has 0 radical (unpaired) electrons. The molecule has 2 aromatic carbocycles. The summed E-state index contributed by atoms with van der Waals surface area (Å²) in [5.41, 5.74) is 7.48. The zero-order valence-electron chi connectivity index (χ0n) is 12.1. The predicted molar refractivity (Wildman–Crippen MR) is 84.1 cm³/mol. The smallest absolute Gasteiger partial charge is 0.258 e. The lowest BCUT2D eigenvalue weighted by atomic mass is 10.1. The molecule has 1 unspecified atom stereocenters. The largest absolute Gasteiger partial charge is 0.482 e. The molecule has 0 heterocycles. The van der Waals surface area contributed by atoms with Gasteiger partial charge in [0.2, 0.25) is 0 Å². The fraction of sp³-hybridized carbons (Fsp3) is 0.235. The number of carbonyl (C=O) groups excluding carboxylic acids is 1. The van der Waals surface area contributed by atoms with Crippen molar-refractivity contribution in [2.75, 3.05) is 12.3 Å². The van der Waals surface area contributed by atoms with Crippen LogP contribution in [0.1, 0.15) is 12.5 Å². The standard InChI is InChI=1S/C17H20N2O2/c1-13(11-14-7-3-2-4-8-14)19-17(20)12-21-16-10-6-5-9-15(16)18/h2-10,13H,11-12,18H2,1H3,(H,19,20). The first-order valence-corrected chi connectivity index (χ1v) is 6.96. The number of anilines is 1.